The van der Waals surface area contributed by atoms with Gasteiger partial charge in [0, 0.05) is 5.69 Å². The average molecular weight is 378 g/mol. The summed E-state index contributed by atoms with van der Waals surface area (Å²) in [6, 6.07) is 11.2. The molecule has 0 saturated carbocycles. The maximum Gasteiger partial charge on any atom is 0.416 e. The summed E-state index contributed by atoms with van der Waals surface area (Å²) in [5.74, 6) is -0.475. The van der Waals surface area contributed by atoms with Gasteiger partial charge < -0.3 is 5.73 Å². The fourth-order valence-corrected chi connectivity index (χ4v) is 3.20. The van der Waals surface area contributed by atoms with E-state index in [1.54, 1.807) is 30.3 Å². The van der Waals surface area contributed by atoms with Gasteiger partial charge in [0.05, 0.1) is 17.0 Å². The van der Waals surface area contributed by atoms with Gasteiger partial charge in [0.25, 0.3) is 11.1 Å². The first kappa shape index (κ1) is 18.1. The number of hydrogen-bond donors (Lipinski definition) is 1. The molecule has 8 heteroatoms. The molecule has 0 radical (unpaired) electrons. The van der Waals surface area contributed by atoms with E-state index in [1.165, 1.54) is 12.1 Å². The molecule has 26 heavy (non-hydrogen) atoms. The van der Waals surface area contributed by atoms with E-state index in [0.717, 1.165) is 34.4 Å². The van der Waals surface area contributed by atoms with Crippen molar-refractivity contribution in [2.45, 2.75) is 12.7 Å². The number of nitrogens with two attached hydrogens (primary N) is 1. The fourth-order valence-electron chi connectivity index (χ4n) is 2.36. The molecule has 2 N–H and O–H groups in total. The molecule has 0 aromatic heterocycles. The minimum absolute atomic E-state index is 0.0815. The number of imide groups is 1. The van der Waals surface area contributed by atoms with Gasteiger partial charge in [-0.1, -0.05) is 24.3 Å². The minimum atomic E-state index is -4.43. The third-order valence-electron chi connectivity index (χ3n) is 3.73. The van der Waals surface area contributed by atoms with Gasteiger partial charge in [0.15, 0.2) is 0 Å². The van der Waals surface area contributed by atoms with Crippen LogP contribution in [0.15, 0.2) is 53.4 Å². The van der Waals surface area contributed by atoms with Crippen molar-refractivity contribution in [3.63, 3.8) is 0 Å². The number of amides is 2. The molecule has 0 atom stereocenters. The second kappa shape index (κ2) is 6.87. The Morgan fingerprint density at radius 2 is 1.62 bits per heavy atom. The van der Waals surface area contributed by atoms with Crippen LogP contribution in [0.25, 0.3) is 6.08 Å². The molecule has 1 aliphatic rings. The van der Waals surface area contributed by atoms with Crippen LogP contribution in [0.4, 0.5) is 23.7 Å². The van der Waals surface area contributed by atoms with Crippen LogP contribution in [0.1, 0.15) is 16.7 Å². The zero-order valence-corrected chi connectivity index (χ0v) is 14.1. The van der Waals surface area contributed by atoms with Crippen LogP contribution in [-0.4, -0.2) is 16.0 Å². The van der Waals surface area contributed by atoms with Crippen LogP contribution in [0.2, 0.25) is 0 Å². The summed E-state index contributed by atoms with van der Waals surface area (Å²) >= 11 is 0.795. The number of carbonyl (C=O) groups is 2. The van der Waals surface area contributed by atoms with Gasteiger partial charge in [-0.25, -0.2) is 0 Å². The van der Waals surface area contributed by atoms with Gasteiger partial charge in [-0.05, 0) is 53.2 Å². The molecule has 0 spiro atoms. The molecule has 1 saturated heterocycles. The number of alkyl halides is 3. The van der Waals surface area contributed by atoms with Crippen molar-refractivity contribution in [2.24, 2.45) is 0 Å². The average Bonchev–Trinajstić information content (AvgIpc) is 2.84. The second-order valence-corrected chi connectivity index (χ2v) is 6.62. The lowest BCUT2D eigenvalue weighted by Gasteiger charge is -2.13. The summed E-state index contributed by atoms with van der Waals surface area (Å²) in [7, 11) is 0. The highest BCUT2D eigenvalue weighted by Crippen LogP contribution is 2.34. The number of nitrogen functional groups attached to an aromatic ring is 1. The molecular formula is C18H13F3N2O2S. The van der Waals surface area contributed by atoms with E-state index >= 15 is 0 Å². The largest absolute Gasteiger partial charge is 0.416 e. The highest BCUT2D eigenvalue weighted by molar-refractivity contribution is 8.18. The Balaban J connectivity index is 1.76. The predicted molar refractivity (Wildman–Crippen MR) is 93.8 cm³/mol. The van der Waals surface area contributed by atoms with Crippen molar-refractivity contribution in [3.05, 3.63) is 70.1 Å². The van der Waals surface area contributed by atoms with Crippen LogP contribution < -0.4 is 5.73 Å². The summed E-state index contributed by atoms with van der Waals surface area (Å²) in [4.78, 5) is 25.8. The van der Waals surface area contributed by atoms with Crippen LogP contribution >= 0.6 is 11.8 Å². The third kappa shape index (κ3) is 3.91. The van der Waals surface area contributed by atoms with Gasteiger partial charge in [-0.3, -0.25) is 14.5 Å². The van der Waals surface area contributed by atoms with Gasteiger partial charge >= 0.3 is 6.18 Å². The predicted octanol–water partition coefficient (Wildman–Crippen LogP) is 4.52. The number of benzene rings is 2. The van der Waals surface area contributed by atoms with Gasteiger partial charge in [0.2, 0.25) is 0 Å². The van der Waals surface area contributed by atoms with Gasteiger partial charge in [-0.2, -0.15) is 13.2 Å². The monoisotopic (exact) mass is 378 g/mol. The number of rotatable bonds is 3. The number of hydrogen-bond acceptors (Lipinski definition) is 4. The normalized spacial score (nSPS) is 16.6. The van der Waals surface area contributed by atoms with Crippen molar-refractivity contribution >= 4 is 34.7 Å². The first-order valence-electron chi connectivity index (χ1n) is 7.51. The quantitative estimate of drug-likeness (QED) is 0.630. The van der Waals surface area contributed by atoms with Crippen LogP contribution in [0.5, 0.6) is 0 Å². The molecule has 134 valence electrons. The molecule has 0 aliphatic carbocycles. The number of thioether (sulfide) groups is 1. The lowest BCUT2D eigenvalue weighted by Crippen LogP contribution is -2.27. The first-order valence-corrected chi connectivity index (χ1v) is 8.33. The highest BCUT2D eigenvalue weighted by Gasteiger charge is 2.35. The molecule has 2 aromatic carbocycles. The van der Waals surface area contributed by atoms with E-state index in [0.29, 0.717) is 11.3 Å². The Hall–Kier alpha value is -2.74. The smallest absolute Gasteiger partial charge is 0.399 e. The number of anilines is 1. The van der Waals surface area contributed by atoms with E-state index in [9.17, 15) is 22.8 Å². The summed E-state index contributed by atoms with van der Waals surface area (Å²) in [5, 5.41) is -0.461. The third-order valence-corrected chi connectivity index (χ3v) is 4.64. The van der Waals surface area contributed by atoms with Gasteiger partial charge in [-0.15, -0.1) is 0 Å². The molecule has 4 nitrogen and oxygen atoms in total. The van der Waals surface area contributed by atoms with E-state index in [4.69, 9.17) is 5.73 Å². The molecule has 0 unspecified atom stereocenters. The topological polar surface area (TPSA) is 63.4 Å². The van der Waals surface area contributed by atoms with E-state index in [-0.39, 0.29) is 11.4 Å². The Bertz CT molecular complexity index is 875. The Morgan fingerprint density at radius 1 is 1.00 bits per heavy atom. The first-order chi connectivity index (χ1) is 12.2. The van der Waals surface area contributed by atoms with Crippen molar-refractivity contribution in [1.82, 2.24) is 4.90 Å². The molecule has 2 amide bonds. The molecule has 2 aromatic rings. The van der Waals surface area contributed by atoms with Crippen molar-refractivity contribution in [3.8, 4) is 0 Å². The molecule has 3 rings (SSSR count). The summed E-state index contributed by atoms with van der Waals surface area (Å²) in [6.45, 7) is -0.0815. The Labute approximate surface area is 151 Å². The van der Waals surface area contributed by atoms with Crippen LogP contribution in [0.3, 0.4) is 0 Å². The zero-order valence-electron chi connectivity index (χ0n) is 13.3. The standard InChI is InChI=1S/C18H13F3N2O2S/c19-18(20,21)13-5-1-12(2-6-13)10-23-16(24)15(26-17(23)25)9-11-3-7-14(22)8-4-11/h1-9H,10,22H2/b15-9-. The maximum absolute atomic E-state index is 12.6. The number of halogens is 3. The SMILES string of the molecule is Nc1ccc(/C=C2\SC(=O)N(Cc3ccc(C(F)(F)F)cc3)C2=O)cc1. The van der Waals surface area contributed by atoms with E-state index in [1.807, 2.05) is 0 Å². The lowest BCUT2D eigenvalue weighted by atomic mass is 10.1. The summed E-state index contributed by atoms with van der Waals surface area (Å²) in [6.07, 6.45) is -2.85. The Morgan fingerprint density at radius 3 is 2.19 bits per heavy atom. The molecule has 1 aliphatic heterocycles. The fraction of sp³-hybridized carbons (Fsp3) is 0.111. The number of nitrogens with zero attached hydrogens (tertiary/aromatic N) is 1. The zero-order chi connectivity index (χ0) is 18.9. The lowest BCUT2D eigenvalue weighted by molar-refractivity contribution is -0.137. The molecule has 0 bridgehead atoms. The van der Waals surface area contributed by atoms with Gasteiger partial charge in [0.1, 0.15) is 0 Å². The van der Waals surface area contributed by atoms with Crippen molar-refractivity contribution < 1.29 is 22.8 Å². The molecular weight excluding hydrogens is 365 g/mol. The van der Waals surface area contributed by atoms with Crippen molar-refractivity contribution in [2.75, 3.05) is 5.73 Å². The minimum Gasteiger partial charge on any atom is -0.399 e. The van der Waals surface area contributed by atoms with Crippen LogP contribution in [0, 0.1) is 0 Å². The molecule has 1 heterocycles. The highest BCUT2D eigenvalue weighted by atomic mass is 32.2. The summed E-state index contributed by atoms with van der Waals surface area (Å²) in [5.41, 5.74) is 6.57. The molecule has 1 fully saturated rings. The van der Waals surface area contributed by atoms with E-state index < -0.39 is 22.9 Å². The number of carbonyl (C=O) groups excluding carboxylic acids is 2. The maximum atomic E-state index is 12.6. The van der Waals surface area contributed by atoms with Crippen molar-refractivity contribution in [1.29, 1.82) is 0 Å². The second-order valence-electron chi connectivity index (χ2n) is 5.63. The Kier molecular flexibility index (Phi) is 4.78. The van der Waals surface area contributed by atoms with Crippen LogP contribution in [-0.2, 0) is 17.5 Å². The van der Waals surface area contributed by atoms with E-state index in [2.05, 4.69) is 0 Å². The summed E-state index contributed by atoms with van der Waals surface area (Å²) < 4.78 is 37.8.